The summed E-state index contributed by atoms with van der Waals surface area (Å²) in [6, 6.07) is -0.439. The standard InChI is InChI=1S/C13H25N3O3/c1-4-10(2)12(14)13(18)16-7-5-15(6-8-16)11(17)9-19-3/h10,12H,4-9,14H2,1-3H3/t10?,12-/m0/s1. The summed E-state index contributed by atoms with van der Waals surface area (Å²) in [5, 5.41) is 0. The normalized spacial score (nSPS) is 19.2. The van der Waals surface area contributed by atoms with Crippen molar-refractivity contribution >= 4 is 11.8 Å². The zero-order chi connectivity index (χ0) is 14.4. The minimum absolute atomic E-state index is 0.00631. The molecule has 0 aliphatic carbocycles. The van der Waals surface area contributed by atoms with E-state index in [1.54, 1.807) is 9.80 Å². The molecule has 2 atom stereocenters. The summed E-state index contributed by atoms with van der Waals surface area (Å²) in [5.74, 6) is 0.148. The van der Waals surface area contributed by atoms with Crippen LogP contribution in [0.2, 0.25) is 0 Å². The number of amides is 2. The number of carbonyl (C=O) groups excluding carboxylic acids is 2. The maximum atomic E-state index is 12.2. The molecule has 2 N–H and O–H groups in total. The van der Waals surface area contributed by atoms with Crippen molar-refractivity contribution in [1.29, 1.82) is 0 Å². The van der Waals surface area contributed by atoms with Crippen molar-refractivity contribution in [1.82, 2.24) is 9.80 Å². The van der Waals surface area contributed by atoms with Gasteiger partial charge in [0, 0.05) is 33.3 Å². The minimum Gasteiger partial charge on any atom is -0.375 e. The molecule has 0 bridgehead atoms. The highest BCUT2D eigenvalue weighted by atomic mass is 16.5. The molecule has 6 heteroatoms. The average Bonchev–Trinajstić information content (AvgIpc) is 2.45. The molecule has 0 saturated carbocycles. The van der Waals surface area contributed by atoms with Gasteiger partial charge in [-0.3, -0.25) is 9.59 Å². The van der Waals surface area contributed by atoms with Gasteiger partial charge in [0.2, 0.25) is 11.8 Å². The first-order valence-electron chi connectivity index (χ1n) is 6.82. The van der Waals surface area contributed by atoms with E-state index in [9.17, 15) is 9.59 Å². The lowest BCUT2D eigenvalue weighted by Crippen LogP contribution is -2.55. The van der Waals surface area contributed by atoms with E-state index in [2.05, 4.69) is 0 Å². The third kappa shape index (κ3) is 4.18. The summed E-state index contributed by atoms with van der Waals surface area (Å²) in [6.45, 7) is 6.33. The van der Waals surface area contributed by atoms with E-state index in [0.29, 0.717) is 26.2 Å². The zero-order valence-electron chi connectivity index (χ0n) is 12.1. The van der Waals surface area contributed by atoms with Crippen LogP contribution in [0.15, 0.2) is 0 Å². The molecule has 0 radical (unpaired) electrons. The van der Waals surface area contributed by atoms with Gasteiger partial charge in [0.15, 0.2) is 0 Å². The van der Waals surface area contributed by atoms with Crippen LogP contribution in [-0.2, 0) is 14.3 Å². The number of hydrogen-bond acceptors (Lipinski definition) is 4. The Labute approximate surface area is 114 Å². The molecule has 0 aromatic carbocycles. The number of piperazine rings is 1. The van der Waals surface area contributed by atoms with Crippen LogP contribution in [0.4, 0.5) is 0 Å². The Morgan fingerprint density at radius 2 is 1.74 bits per heavy atom. The second kappa shape index (κ2) is 7.45. The van der Waals surface area contributed by atoms with Crippen molar-refractivity contribution in [2.45, 2.75) is 26.3 Å². The average molecular weight is 271 g/mol. The lowest BCUT2D eigenvalue weighted by atomic mass is 9.98. The number of carbonyl (C=O) groups is 2. The minimum atomic E-state index is -0.439. The molecule has 1 aliphatic heterocycles. The van der Waals surface area contributed by atoms with Gasteiger partial charge in [0.1, 0.15) is 6.61 Å². The Balaban J connectivity index is 2.45. The van der Waals surface area contributed by atoms with Crippen molar-refractivity contribution in [3.8, 4) is 0 Å². The molecular weight excluding hydrogens is 246 g/mol. The monoisotopic (exact) mass is 271 g/mol. The number of ether oxygens (including phenoxy) is 1. The van der Waals surface area contributed by atoms with E-state index in [4.69, 9.17) is 10.5 Å². The lowest BCUT2D eigenvalue weighted by Gasteiger charge is -2.36. The summed E-state index contributed by atoms with van der Waals surface area (Å²) < 4.78 is 4.82. The molecule has 1 heterocycles. The largest absolute Gasteiger partial charge is 0.375 e. The smallest absolute Gasteiger partial charge is 0.248 e. The topological polar surface area (TPSA) is 75.9 Å². The fraction of sp³-hybridized carbons (Fsp3) is 0.846. The van der Waals surface area contributed by atoms with Gasteiger partial charge >= 0.3 is 0 Å². The highest BCUT2D eigenvalue weighted by Gasteiger charge is 2.28. The van der Waals surface area contributed by atoms with E-state index >= 15 is 0 Å². The van der Waals surface area contributed by atoms with E-state index in [0.717, 1.165) is 6.42 Å². The van der Waals surface area contributed by atoms with Gasteiger partial charge < -0.3 is 20.3 Å². The Morgan fingerprint density at radius 3 is 2.21 bits per heavy atom. The molecule has 1 unspecified atom stereocenters. The number of nitrogens with two attached hydrogens (primary N) is 1. The van der Waals surface area contributed by atoms with Gasteiger partial charge in [-0.05, 0) is 5.92 Å². The summed E-state index contributed by atoms with van der Waals surface area (Å²) in [6.07, 6.45) is 0.888. The van der Waals surface area contributed by atoms with Gasteiger partial charge in [0.05, 0.1) is 6.04 Å². The molecule has 6 nitrogen and oxygen atoms in total. The Kier molecular flexibility index (Phi) is 6.24. The van der Waals surface area contributed by atoms with Gasteiger partial charge in [0.25, 0.3) is 0 Å². The van der Waals surface area contributed by atoms with Crippen LogP contribution in [0.25, 0.3) is 0 Å². The van der Waals surface area contributed by atoms with E-state index in [1.165, 1.54) is 7.11 Å². The summed E-state index contributed by atoms with van der Waals surface area (Å²) >= 11 is 0. The quantitative estimate of drug-likeness (QED) is 0.743. The fourth-order valence-corrected chi connectivity index (χ4v) is 2.10. The van der Waals surface area contributed by atoms with Crippen LogP contribution < -0.4 is 5.73 Å². The van der Waals surface area contributed by atoms with Crippen molar-refractivity contribution in [2.24, 2.45) is 11.7 Å². The SMILES string of the molecule is CCC(C)[C@H](N)C(=O)N1CCN(C(=O)COC)CC1. The third-order valence-corrected chi connectivity index (χ3v) is 3.75. The van der Waals surface area contributed by atoms with E-state index < -0.39 is 6.04 Å². The van der Waals surface area contributed by atoms with Crippen LogP contribution in [0.3, 0.4) is 0 Å². The Hall–Kier alpha value is -1.14. The molecule has 1 fully saturated rings. The van der Waals surface area contributed by atoms with Crippen LogP contribution in [0.1, 0.15) is 20.3 Å². The molecule has 1 rings (SSSR count). The summed E-state index contributed by atoms with van der Waals surface area (Å²) in [4.78, 5) is 27.3. The van der Waals surface area contributed by atoms with Crippen molar-refractivity contribution < 1.29 is 14.3 Å². The fourth-order valence-electron chi connectivity index (χ4n) is 2.10. The lowest BCUT2D eigenvalue weighted by molar-refractivity contribution is -0.142. The molecule has 0 aromatic heterocycles. The molecule has 19 heavy (non-hydrogen) atoms. The van der Waals surface area contributed by atoms with Crippen LogP contribution in [0.5, 0.6) is 0 Å². The van der Waals surface area contributed by atoms with Crippen LogP contribution in [-0.4, -0.2) is 67.6 Å². The van der Waals surface area contributed by atoms with Gasteiger partial charge in [-0.1, -0.05) is 20.3 Å². The number of methoxy groups -OCH3 is 1. The van der Waals surface area contributed by atoms with Crippen LogP contribution in [0, 0.1) is 5.92 Å². The second-order valence-corrected chi connectivity index (χ2v) is 5.05. The van der Waals surface area contributed by atoms with Crippen molar-refractivity contribution in [3.05, 3.63) is 0 Å². The molecule has 110 valence electrons. The highest BCUT2D eigenvalue weighted by Crippen LogP contribution is 2.11. The molecule has 0 spiro atoms. The van der Waals surface area contributed by atoms with Crippen molar-refractivity contribution in [3.63, 3.8) is 0 Å². The molecular formula is C13H25N3O3. The first-order valence-corrected chi connectivity index (χ1v) is 6.82. The predicted octanol–water partition coefficient (Wildman–Crippen LogP) is -0.323. The first kappa shape index (κ1) is 15.9. The van der Waals surface area contributed by atoms with Gasteiger partial charge in [-0.15, -0.1) is 0 Å². The molecule has 2 amide bonds. The Bertz CT molecular complexity index is 314. The predicted molar refractivity (Wildman–Crippen MR) is 72.5 cm³/mol. The Morgan fingerprint density at radius 1 is 1.21 bits per heavy atom. The van der Waals surface area contributed by atoms with Crippen LogP contribution >= 0.6 is 0 Å². The number of nitrogens with zero attached hydrogens (tertiary/aromatic N) is 2. The maximum absolute atomic E-state index is 12.2. The molecule has 0 aromatic rings. The molecule has 1 aliphatic rings. The van der Waals surface area contributed by atoms with E-state index in [1.807, 2.05) is 13.8 Å². The van der Waals surface area contributed by atoms with E-state index in [-0.39, 0.29) is 24.3 Å². The first-order chi connectivity index (χ1) is 9.01. The number of rotatable bonds is 5. The second-order valence-electron chi connectivity index (χ2n) is 5.05. The highest BCUT2D eigenvalue weighted by molar-refractivity contribution is 5.82. The zero-order valence-corrected chi connectivity index (χ0v) is 12.1. The van der Waals surface area contributed by atoms with Gasteiger partial charge in [-0.2, -0.15) is 0 Å². The summed E-state index contributed by atoms with van der Waals surface area (Å²) in [5.41, 5.74) is 5.95. The third-order valence-electron chi connectivity index (χ3n) is 3.75. The molecule has 1 saturated heterocycles. The maximum Gasteiger partial charge on any atom is 0.248 e. The van der Waals surface area contributed by atoms with Crippen molar-refractivity contribution in [2.75, 3.05) is 39.9 Å². The van der Waals surface area contributed by atoms with Gasteiger partial charge in [-0.25, -0.2) is 0 Å². The number of hydrogen-bond donors (Lipinski definition) is 1. The summed E-state index contributed by atoms with van der Waals surface area (Å²) in [7, 11) is 1.50.